The minimum atomic E-state index is -2.12. The van der Waals surface area contributed by atoms with Crippen LogP contribution in [-0.4, -0.2) is 12.6 Å². The molecule has 13 rings (SSSR count). The van der Waals surface area contributed by atoms with Crippen molar-refractivity contribution in [1.82, 2.24) is 4.57 Å². The second kappa shape index (κ2) is 15.0. The summed E-state index contributed by atoms with van der Waals surface area (Å²) in [7, 11) is -2.12. The lowest BCUT2D eigenvalue weighted by Gasteiger charge is -2.33. The van der Waals surface area contributed by atoms with Crippen molar-refractivity contribution in [3.63, 3.8) is 0 Å². The molecule has 0 N–H and O–H groups in total. The summed E-state index contributed by atoms with van der Waals surface area (Å²) >= 11 is 0. The van der Waals surface area contributed by atoms with Crippen molar-refractivity contribution >= 4 is 61.8 Å². The van der Waals surface area contributed by atoms with Crippen molar-refractivity contribution in [3.05, 3.63) is 237 Å². The maximum atomic E-state index is 2.54. The molecule has 66 heavy (non-hydrogen) atoms. The van der Waals surface area contributed by atoms with E-state index < -0.39 is 8.07 Å². The summed E-state index contributed by atoms with van der Waals surface area (Å²) in [6.45, 7) is 5.08. The predicted molar refractivity (Wildman–Crippen MR) is 285 cm³/mol. The lowest BCUT2D eigenvalue weighted by Crippen LogP contribution is -2.49. The molecule has 0 radical (unpaired) electrons. The summed E-state index contributed by atoms with van der Waals surface area (Å²) in [5, 5.41) is 10.7. The van der Waals surface area contributed by atoms with Gasteiger partial charge in [0, 0.05) is 16.5 Å². The molecule has 0 saturated carbocycles. The van der Waals surface area contributed by atoms with Gasteiger partial charge in [0.15, 0.2) is 0 Å². The van der Waals surface area contributed by atoms with E-state index in [0.29, 0.717) is 0 Å². The van der Waals surface area contributed by atoms with Gasteiger partial charge in [-0.15, -0.1) is 0 Å². The van der Waals surface area contributed by atoms with E-state index in [9.17, 15) is 0 Å². The molecule has 0 bridgehead atoms. The molecular weight excluding hydrogens is 811 g/mol. The van der Waals surface area contributed by atoms with Gasteiger partial charge in [0.05, 0.1) is 11.0 Å². The largest absolute Gasteiger partial charge is 0.309 e. The Labute approximate surface area is 386 Å². The lowest BCUT2D eigenvalue weighted by atomic mass is 9.92. The molecular formula is C64H45NSi-. The Morgan fingerprint density at radius 2 is 0.697 bits per heavy atom. The van der Waals surface area contributed by atoms with Gasteiger partial charge in [-0.1, -0.05) is 219 Å². The maximum absolute atomic E-state index is 2.54. The molecule has 0 aliphatic carbocycles. The highest BCUT2D eigenvalue weighted by Crippen LogP contribution is 2.41. The van der Waals surface area contributed by atoms with Crippen LogP contribution in [0.25, 0.3) is 116 Å². The first-order chi connectivity index (χ1) is 32.5. The van der Waals surface area contributed by atoms with Crippen molar-refractivity contribution in [2.24, 2.45) is 0 Å². The van der Waals surface area contributed by atoms with E-state index in [1.54, 1.807) is 0 Å². The van der Waals surface area contributed by atoms with Gasteiger partial charge in [-0.2, -0.15) is 23.5 Å². The number of hydrogen-bond acceptors (Lipinski definition) is 0. The molecule has 11 aromatic carbocycles. The Bertz CT molecular complexity index is 3720. The molecule has 1 nitrogen and oxygen atoms in total. The molecule has 1 aliphatic heterocycles. The molecule has 0 unspecified atom stereocenters. The zero-order chi connectivity index (χ0) is 43.9. The average Bonchev–Trinajstić information content (AvgIpc) is 3.83. The van der Waals surface area contributed by atoms with Crippen LogP contribution < -0.4 is 10.4 Å². The SMILES string of the molecule is C[Si-]1(C)c2cc(-c3cc4ccccc4c4ccccc34)ccc2-c2ccc(-n3c4ccc(-c5ccc(-c6ccccc6)cc5)cc4c4cc(-c5ccc(-c6ccccc6)cc5)ccc43)cc21. The van der Waals surface area contributed by atoms with Crippen LogP contribution in [0.1, 0.15) is 0 Å². The standard InChI is InChI=1S/C64H45NSi/c1-66(2)63-40-51(58-39-50-17-9-10-18-53(50)54-19-11-12-20-55(54)58)29-33-56(63)57-34-32-52(41-64(57)66)65-61-35-30-48(46-25-21-44(22-26-46)42-13-5-3-6-14-42)37-59(61)60-38-49(31-36-62(60)65)47-27-23-45(24-28-47)43-15-7-4-8-16-43/h3-41H,1-2H3/q-1. The van der Waals surface area contributed by atoms with E-state index in [4.69, 9.17) is 0 Å². The zero-order valence-corrected chi connectivity index (χ0v) is 38.0. The van der Waals surface area contributed by atoms with E-state index in [1.807, 2.05) is 0 Å². The number of fused-ring (bicyclic) bond motifs is 9. The Kier molecular flexibility index (Phi) is 8.74. The van der Waals surface area contributed by atoms with E-state index in [-0.39, 0.29) is 0 Å². The van der Waals surface area contributed by atoms with E-state index in [2.05, 4.69) is 254 Å². The molecule has 0 saturated heterocycles. The first kappa shape index (κ1) is 38.4. The summed E-state index contributed by atoms with van der Waals surface area (Å²) < 4.78 is 2.51. The van der Waals surface area contributed by atoms with Crippen molar-refractivity contribution in [1.29, 1.82) is 0 Å². The summed E-state index contributed by atoms with van der Waals surface area (Å²) in [5.74, 6) is 0. The fraction of sp³-hybridized carbons (Fsp3) is 0.0312. The number of benzene rings is 11. The van der Waals surface area contributed by atoms with Crippen molar-refractivity contribution in [2.45, 2.75) is 13.1 Å². The molecule has 1 aliphatic rings. The monoisotopic (exact) mass is 855 g/mol. The van der Waals surface area contributed by atoms with Gasteiger partial charge in [0.25, 0.3) is 0 Å². The van der Waals surface area contributed by atoms with E-state index >= 15 is 0 Å². The quantitative estimate of drug-likeness (QED) is 0.116. The Morgan fingerprint density at radius 1 is 0.273 bits per heavy atom. The predicted octanol–water partition coefficient (Wildman–Crippen LogP) is 16.2. The fourth-order valence-electron chi connectivity index (χ4n) is 11.0. The van der Waals surface area contributed by atoms with Crippen LogP contribution in [0, 0.1) is 0 Å². The van der Waals surface area contributed by atoms with Gasteiger partial charge in [-0.05, 0) is 114 Å². The first-order valence-electron chi connectivity index (χ1n) is 23.1. The zero-order valence-electron chi connectivity index (χ0n) is 37.0. The topological polar surface area (TPSA) is 4.93 Å². The molecule has 2 heterocycles. The Morgan fingerprint density at radius 3 is 1.27 bits per heavy atom. The summed E-state index contributed by atoms with van der Waals surface area (Å²) in [6.07, 6.45) is 0. The normalized spacial score (nSPS) is 12.8. The van der Waals surface area contributed by atoms with Crippen LogP contribution in [0.5, 0.6) is 0 Å². The van der Waals surface area contributed by atoms with Gasteiger partial charge in [0.1, 0.15) is 0 Å². The van der Waals surface area contributed by atoms with Crippen LogP contribution >= 0.6 is 0 Å². The number of aromatic nitrogens is 1. The Hall–Kier alpha value is -8.04. The summed E-state index contributed by atoms with van der Waals surface area (Å²) in [6, 6.07) is 88.1. The van der Waals surface area contributed by atoms with Crippen molar-refractivity contribution < 1.29 is 0 Å². The van der Waals surface area contributed by atoms with Gasteiger partial charge < -0.3 is 4.57 Å². The molecule has 0 atom stereocenters. The molecule has 2 heteroatoms. The highest BCUT2D eigenvalue weighted by Gasteiger charge is 2.28. The van der Waals surface area contributed by atoms with Crippen LogP contribution in [-0.2, 0) is 0 Å². The van der Waals surface area contributed by atoms with Crippen LogP contribution in [0.4, 0.5) is 0 Å². The third-order valence-corrected chi connectivity index (χ3v) is 17.9. The van der Waals surface area contributed by atoms with Crippen LogP contribution in [0.2, 0.25) is 13.1 Å². The van der Waals surface area contributed by atoms with Crippen molar-refractivity contribution in [3.8, 4) is 72.4 Å². The highest BCUT2D eigenvalue weighted by molar-refractivity contribution is 7.03. The molecule has 12 aromatic rings. The Balaban J connectivity index is 0.935. The summed E-state index contributed by atoms with van der Waals surface area (Å²) in [4.78, 5) is 0. The second-order valence-corrected chi connectivity index (χ2v) is 22.8. The molecule has 0 amide bonds. The van der Waals surface area contributed by atoms with Gasteiger partial charge >= 0.3 is 0 Å². The van der Waals surface area contributed by atoms with Crippen LogP contribution in [0.15, 0.2) is 237 Å². The lowest BCUT2D eigenvalue weighted by molar-refractivity contribution is 1.18. The molecule has 0 fully saturated rings. The van der Waals surface area contributed by atoms with E-state index in [1.165, 1.54) is 126 Å². The number of nitrogens with zero attached hydrogens (tertiary/aromatic N) is 1. The maximum Gasteiger partial charge on any atom is 0.0541 e. The molecule has 0 spiro atoms. The first-order valence-corrected chi connectivity index (χ1v) is 26.1. The third kappa shape index (κ3) is 6.14. The molecule has 311 valence electrons. The minimum absolute atomic E-state index is 1.21. The van der Waals surface area contributed by atoms with Crippen LogP contribution in [0.3, 0.4) is 0 Å². The number of rotatable bonds is 6. The van der Waals surface area contributed by atoms with Crippen molar-refractivity contribution in [2.75, 3.05) is 0 Å². The third-order valence-electron chi connectivity index (χ3n) is 14.4. The smallest absolute Gasteiger partial charge is 0.0541 e. The van der Waals surface area contributed by atoms with Gasteiger partial charge in [-0.25, -0.2) is 0 Å². The van der Waals surface area contributed by atoms with Gasteiger partial charge in [-0.3, -0.25) is 0 Å². The fourth-order valence-corrected chi connectivity index (χ4v) is 14.1. The highest BCUT2D eigenvalue weighted by atomic mass is 28.3. The number of hydrogen-bond donors (Lipinski definition) is 0. The van der Waals surface area contributed by atoms with E-state index in [0.717, 1.165) is 0 Å². The average molecular weight is 856 g/mol. The minimum Gasteiger partial charge on any atom is -0.309 e. The summed E-state index contributed by atoms with van der Waals surface area (Å²) in [5.41, 5.74) is 18.8. The van der Waals surface area contributed by atoms with Gasteiger partial charge in [0.2, 0.25) is 0 Å². The molecule has 1 aromatic heterocycles. The second-order valence-electron chi connectivity index (χ2n) is 18.5.